The monoisotopic (exact) mass is 520 g/mol. The molecule has 1 N–H and O–H groups in total. The number of aromatic nitrogens is 3. The van der Waals surface area contributed by atoms with Crippen molar-refractivity contribution in [2.45, 2.75) is 25.5 Å². The van der Waals surface area contributed by atoms with Crippen LogP contribution in [-0.4, -0.2) is 35.0 Å². The van der Waals surface area contributed by atoms with Gasteiger partial charge >= 0.3 is 0 Å². The van der Waals surface area contributed by atoms with Crippen molar-refractivity contribution in [2.24, 2.45) is 0 Å². The number of fused-ring (bicyclic) bond motifs is 1. The predicted molar refractivity (Wildman–Crippen MR) is 147 cm³/mol. The van der Waals surface area contributed by atoms with E-state index in [9.17, 15) is 4.79 Å². The highest BCUT2D eigenvalue weighted by Gasteiger charge is 2.44. The van der Waals surface area contributed by atoms with Gasteiger partial charge in [0.2, 0.25) is 0 Å². The first-order valence-corrected chi connectivity index (χ1v) is 12.9. The summed E-state index contributed by atoms with van der Waals surface area (Å²) in [5.74, 6) is 0.683. The summed E-state index contributed by atoms with van der Waals surface area (Å²) in [5.41, 5.74) is 6.81. The molecule has 0 saturated heterocycles. The number of carbonyl (C=O) groups is 1. The van der Waals surface area contributed by atoms with Gasteiger partial charge in [-0.1, -0.05) is 65.8 Å². The fraction of sp³-hybridized carbons (Fsp3) is 0.194. The molecule has 0 saturated carbocycles. The van der Waals surface area contributed by atoms with E-state index in [0.29, 0.717) is 31.7 Å². The summed E-state index contributed by atoms with van der Waals surface area (Å²) in [6.07, 6.45) is 10.7. The minimum absolute atomic E-state index is 0.144. The van der Waals surface area contributed by atoms with E-state index in [0.717, 1.165) is 45.1 Å². The van der Waals surface area contributed by atoms with Crippen LogP contribution >= 0.6 is 0 Å². The molecular formula is C31H28N4O4. The lowest BCUT2D eigenvalue weighted by Gasteiger charge is -2.28. The molecule has 39 heavy (non-hydrogen) atoms. The normalized spacial score (nSPS) is 16.6. The number of nitrogens with zero attached hydrogens (tertiary/aromatic N) is 3. The molecule has 0 spiro atoms. The van der Waals surface area contributed by atoms with Crippen LogP contribution in [0.2, 0.25) is 0 Å². The van der Waals surface area contributed by atoms with Gasteiger partial charge in [-0.05, 0) is 29.3 Å². The maximum absolute atomic E-state index is 13.8. The molecule has 1 atom stereocenters. The molecule has 2 aliphatic rings. The highest BCUT2D eigenvalue weighted by molar-refractivity contribution is 6.10. The summed E-state index contributed by atoms with van der Waals surface area (Å²) in [4.78, 5) is 15.6. The third-order valence-corrected chi connectivity index (χ3v) is 7.02. The van der Waals surface area contributed by atoms with Crippen molar-refractivity contribution < 1.29 is 18.8 Å². The lowest BCUT2D eigenvalue weighted by Crippen LogP contribution is -2.30. The number of carbonyl (C=O) groups excluding carboxylic acids is 1. The number of H-pyrrole nitrogens is 1. The molecule has 3 heterocycles. The van der Waals surface area contributed by atoms with E-state index in [1.54, 1.807) is 13.4 Å². The number of ether oxygens (including phenoxy) is 2. The van der Waals surface area contributed by atoms with Gasteiger partial charge in [-0.15, -0.1) is 0 Å². The predicted octanol–water partition coefficient (Wildman–Crippen LogP) is 5.94. The van der Waals surface area contributed by atoms with Crippen LogP contribution in [0.5, 0.6) is 0 Å². The molecule has 196 valence electrons. The average Bonchev–Trinajstić information content (AvgIpc) is 3.67. The first-order chi connectivity index (χ1) is 19.2. The van der Waals surface area contributed by atoms with E-state index in [-0.39, 0.29) is 11.9 Å². The summed E-state index contributed by atoms with van der Waals surface area (Å²) < 4.78 is 16.6. The first-order valence-electron chi connectivity index (χ1n) is 12.9. The minimum Gasteiger partial charge on any atom is -0.501 e. The van der Waals surface area contributed by atoms with Crippen LogP contribution in [0, 0.1) is 0 Å². The molecule has 8 heteroatoms. The topological polar surface area (TPSA) is 93.5 Å². The molecule has 0 radical (unpaired) electrons. The van der Waals surface area contributed by atoms with Gasteiger partial charge in [-0.3, -0.25) is 14.8 Å². The van der Waals surface area contributed by atoms with Gasteiger partial charge in [0.05, 0.1) is 32.1 Å². The van der Waals surface area contributed by atoms with Crippen molar-refractivity contribution in [3.8, 4) is 11.3 Å². The Morgan fingerprint density at radius 3 is 2.64 bits per heavy atom. The number of methoxy groups -OCH3 is 1. The van der Waals surface area contributed by atoms with E-state index in [1.165, 1.54) is 0 Å². The molecule has 0 bridgehead atoms. The second kappa shape index (κ2) is 11.0. The van der Waals surface area contributed by atoms with Crippen molar-refractivity contribution in [1.29, 1.82) is 0 Å². The Morgan fingerprint density at radius 2 is 1.87 bits per heavy atom. The zero-order valence-corrected chi connectivity index (χ0v) is 21.5. The van der Waals surface area contributed by atoms with Crippen LogP contribution in [-0.2, 0) is 22.5 Å². The number of benzene rings is 2. The molecule has 6 rings (SSSR count). The molecule has 1 aliphatic heterocycles. The molecule has 8 nitrogen and oxygen atoms in total. The summed E-state index contributed by atoms with van der Waals surface area (Å²) in [7, 11) is 1.67. The molecular weight excluding hydrogens is 492 g/mol. The highest BCUT2D eigenvalue weighted by atomic mass is 16.5. The van der Waals surface area contributed by atoms with Crippen LogP contribution in [0.4, 0.5) is 5.69 Å². The Balaban J connectivity index is 1.31. The maximum Gasteiger partial charge on any atom is 0.279 e. The standard InChI is InChI=1S/C31H28N4O4/c1-37-25-10-6-5-9-23(19-25)30-28-27(15-17-38-20-21-7-3-2-4-8-21)32-33-29(28)31(36)35(30)24-13-11-22(12-14-24)26-16-18-39-34-26/h2-14,16,18,30H,15,17,19-20H2,1H3,(H,32,33). The van der Waals surface area contributed by atoms with E-state index in [2.05, 4.69) is 21.4 Å². The van der Waals surface area contributed by atoms with Crippen molar-refractivity contribution in [2.75, 3.05) is 18.6 Å². The maximum atomic E-state index is 13.8. The number of aromatic amines is 1. The van der Waals surface area contributed by atoms with Gasteiger partial charge in [-0.2, -0.15) is 5.10 Å². The Kier molecular flexibility index (Phi) is 6.93. The van der Waals surface area contributed by atoms with Crippen molar-refractivity contribution in [3.63, 3.8) is 0 Å². The molecule has 1 amide bonds. The molecule has 4 aromatic rings. The second-order valence-electron chi connectivity index (χ2n) is 9.40. The lowest BCUT2D eigenvalue weighted by atomic mass is 9.94. The first kappa shape index (κ1) is 24.6. The Bertz CT molecular complexity index is 1530. The van der Waals surface area contributed by atoms with Crippen molar-refractivity contribution >= 4 is 11.6 Å². The zero-order valence-electron chi connectivity index (χ0n) is 21.5. The number of anilines is 1. The van der Waals surface area contributed by atoms with Gasteiger partial charge in [0.25, 0.3) is 5.91 Å². The zero-order chi connectivity index (χ0) is 26.6. The molecule has 0 fully saturated rings. The number of hydrogen-bond donors (Lipinski definition) is 1. The third-order valence-electron chi connectivity index (χ3n) is 7.02. The summed E-state index contributed by atoms with van der Waals surface area (Å²) in [6.45, 7) is 1.03. The minimum atomic E-state index is -0.338. The Labute approximate surface area is 226 Å². The third kappa shape index (κ3) is 4.94. The number of amides is 1. The largest absolute Gasteiger partial charge is 0.501 e. The second-order valence-corrected chi connectivity index (χ2v) is 9.40. The van der Waals surface area contributed by atoms with Crippen LogP contribution in [0.25, 0.3) is 11.3 Å². The fourth-order valence-corrected chi connectivity index (χ4v) is 5.09. The number of rotatable bonds is 9. The van der Waals surface area contributed by atoms with E-state index < -0.39 is 0 Å². The Hall–Kier alpha value is -4.69. The van der Waals surface area contributed by atoms with Gasteiger partial charge in [0.1, 0.15) is 12.0 Å². The van der Waals surface area contributed by atoms with Gasteiger partial charge in [0, 0.05) is 41.4 Å². The van der Waals surface area contributed by atoms with Crippen LogP contribution in [0.1, 0.15) is 39.8 Å². The lowest BCUT2D eigenvalue weighted by molar-refractivity contribution is 0.0988. The molecule has 2 aromatic heterocycles. The van der Waals surface area contributed by atoms with Crippen molar-refractivity contribution in [3.05, 3.63) is 125 Å². The van der Waals surface area contributed by atoms with E-state index in [1.807, 2.05) is 83.8 Å². The van der Waals surface area contributed by atoms with E-state index in [4.69, 9.17) is 14.0 Å². The number of allylic oxidation sites excluding steroid dienone is 5. The smallest absolute Gasteiger partial charge is 0.279 e. The summed E-state index contributed by atoms with van der Waals surface area (Å²) in [6, 6.07) is 19.3. The van der Waals surface area contributed by atoms with Gasteiger partial charge in [-0.25, -0.2) is 0 Å². The SMILES string of the molecule is COC1=CC=CC=C(C2c3c(n[nH]c3CCOCc3ccccc3)C(=O)N2c2ccc(-c3ccon3)cc2)C1. The average molecular weight is 521 g/mol. The summed E-state index contributed by atoms with van der Waals surface area (Å²) in [5, 5.41) is 11.6. The van der Waals surface area contributed by atoms with Crippen LogP contribution in [0.3, 0.4) is 0 Å². The van der Waals surface area contributed by atoms with Crippen LogP contribution in [0.15, 0.2) is 107 Å². The number of nitrogens with one attached hydrogen (secondary N) is 1. The number of hydrogen-bond acceptors (Lipinski definition) is 6. The van der Waals surface area contributed by atoms with E-state index >= 15 is 0 Å². The molecule has 2 aromatic carbocycles. The Morgan fingerprint density at radius 1 is 1.05 bits per heavy atom. The van der Waals surface area contributed by atoms with Gasteiger partial charge < -0.3 is 14.0 Å². The molecule has 1 aliphatic carbocycles. The quantitative estimate of drug-likeness (QED) is 0.275. The van der Waals surface area contributed by atoms with Crippen molar-refractivity contribution in [1.82, 2.24) is 15.4 Å². The van der Waals surface area contributed by atoms with Crippen LogP contribution < -0.4 is 4.90 Å². The van der Waals surface area contributed by atoms with Gasteiger partial charge in [0.15, 0.2) is 5.69 Å². The highest BCUT2D eigenvalue weighted by Crippen LogP contribution is 2.45. The summed E-state index contributed by atoms with van der Waals surface area (Å²) >= 11 is 0. The fourth-order valence-electron chi connectivity index (χ4n) is 5.09. The molecule has 1 unspecified atom stereocenters.